The second-order valence-electron chi connectivity index (χ2n) is 4.53. The maximum Gasteiger partial charge on any atom is 0.0335 e. The first-order valence-corrected chi connectivity index (χ1v) is 7.07. The minimum Gasteiger partial charge on any atom is -0.324 e. The Morgan fingerprint density at radius 2 is 1.50 bits per heavy atom. The van der Waals surface area contributed by atoms with Crippen LogP contribution in [0, 0.1) is 0 Å². The lowest BCUT2D eigenvalue weighted by atomic mass is 9.98. The molecule has 0 spiro atoms. The van der Waals surface area contributed by atoms with Gasteiger partial charge < -0.3 is 5.73 Å². The number of hydrogen-bond acceptors (Lipinski definition) is 1. The fraction of sp³-hybridized carbons (Fsp3) is 0.250. The van der Waals surface area contributed by atoms with Crippen LogP contribution in [0.3, 0.4) is 0 Å². The second kappa shape index (κ2) is 6.17. The number of nitrogens with two attached hydrogens (primary N) is 1. The number of hydrogen-bond donors (Lipinski definition) is 1. The average molecular weight is 304 g/mol. The van der Waals surface area contributed by atoms with Crippen molar-refractivity contribution in [2.45, 2.75) is 25.8 Å². The van der Waals surface area contributed by atoms with Crippen molar-refractivity contribution in [1.29, 1.82) is 0 Å². The molecule has 2 aromatic rings. The van der Waals surface area contributed by atoms with E-state index < -0.39 is 0 Å². The summed E-state index contributed by atoms with van der Waals surface area (Å²) in [5, 5.41) is 0. The highest BCUT2D eigenvalue weighted by Gasteiger charge is 2.06. The highest BCUT2D eigenvalue weighted by atomic mass is 79.9. The van der Waals surface area contributed by atoms with Gasteiger partial charge in [-0.25, -0.2) is 0 Å². The van der Waals surface area contributed by atoms with Gasteiger partial charge in [-0.05, 0) is 41.7 Å². The molecule has 0 aliphatic carbocycles. The zero-order valence-electron chi connectivity index (χ0n) is 10.6. The van der Waals surface area contributed by atoms with Crippen molar-refractivity contribution < 1.29 is 0 Å². The van der Waals surface area contributed by atoms with Gasteiger partial charge in [0, 0.05) is 10.5 Å². The fourth-order valence-corrected chi connectivity index (χ4v) is 2.26. The van der Waals surface area contributed by atoms with Gasteiger partial charge in [0.1, 0.15) is 0 Å². The summed E-state index contributed by atoms with van der Waals surface area (Å²) in [7, 11) is 0. The molecule has 0 aliphatic rings. The largest absolute Gasteiger partial charge is 0.324 e. The molecular formula is C16H18BrN. The molecule has 0 aromatic heterocycles. The highest BCUT2D eigenvalue weighted by molar-refractivity contribution is 9.10. The molecule has 18 heavy (non-hydrogen) atoms. The van der Waals surface area contributed by atoms with E-state index in [1.807, 2.05) is 0 Å². The molecule has 1 atom stereocenters. The monoisotopic (exact) mass is 303 g/mol. The van der Waals surface area contributed by atoms with Crippen LogP contribution in [0.25, 0.3) is 0 Å². The predicted molar refractivity (Wildman–Crippen MR) is 80.6 cm³/mol. The van der Waals surface area contributed by atoms with Crippen molar-refractivity contribution in [3.63, 3.8) is 0 Å². The molecule has 0 fully saturated rings. The Kier molecular flexibility index (Phi) is 4.56. The average Bonchev–Trinajstić information content (AvgIpc) is 2.41. The van der Waals surface area contributed by atoms with Crippen LogP contribution < -0.4 is 5.73 Å². The molecule has 2 aromatic carbocycles. The molecule has 94 valence electrons. The molecule has 0 amide bonds. The van der Waals surface area contributed by atoms with Gasteiger partial charge in [-0.3, -0.25) is 0 Å². The molecule has 1 unspecified atom stereocenters. The Morgan fingerprint density at radius 3 is 2.06 bits per heavy atom. The van der Waals surface area contributed by atoms with E-state index in [0.29, 0.717) is 0 Å². The summed E-state index contributed by atoms with van der Waals surface area (Å²) < 4.78 is 1.10. The summed E-state index contributed by atoms with van der Waals surface area (Å²) in [6.45, 7) is 2.16. The first kappa shape index (κ1) is 13.3. The van der Waals surface area contributed by atoms with Crippen LogP contribution in [-0.4, -0.2) is 0 Å². The molecule has 0 saturated carbocycles. The minimum atomic E-state index is 0.0667. The van der Waals surface area contributed by atoms with E-state index in [-0.39, 0.29) is 6.04 Å². The maximum absolute atomic E-state index is 6.24. The summed E-state index contributed by atoms with van der Waals surface area (Å²) in [4.78, 5) is 0. The van der Waals surface area contributed by atoms with Gasteiger partial charge >= 0.3 is 0 Å². The standard InChI is InChI=1S/C16H18BrN/c1-2-12-3-7-14(8-4-12)16(18)11-13-5-9-15(17)10-6-13/h3-10,16H,2,11,18H2,1H3. The van der Waals surface area contributed by atoms with E-state index in [2.05, 4.69) is 71.4 Å². The molecule has 2 N–H and O–H groups in total. The van der Waals surface area contributed by atoms with Crippen LogP contribution in [0.4, 0.5) is 0 Å². The van der Waals surface area contributed by atoms with Crippen molar-refractivity contribution in [2.24, 2.45) is 5.73 Å². The Balaban J connectivity index is 2.06. The van der Waals surface area contributed by atoms with Crippen LogP contribution in [0.5, 0.6) is 0 Å². The van der Waals surface area contributed by atoms with E-state index in [9.17, 15) is 0 Å². The third-order valence-corrected chi connectivity index (χ3v) is 3.71. The smallest absolute Gasteiger partial charge is 0.0335 e. The van der Waals surface area contributed by atoms with Gasteiger partial charge in [0.05, 0.1) is 0 Å². The fourth-order valence-electron chi connectivity index (χ4n) is 1.99. The number of rotatable bonds is 4. The molecule has 0 saturated heterocycles. The van der Waals surface area contributed by atoms with Crippen molar-refractivity contribution in [3.05, 3.63) is 69.7 Å². The normalized spacial score (nSPS) is 12.4. The number of halogens is 1. The maximum atomic E-state index is 6.24. The molecular weight excluding hydrogens is 286 g/mol. The Bertz CT molecular complexity index is 488. The van der Waals surface area contributed by atoms with Crippen molar-refractivity contribution in [3.8, 4) is 0 Å². The summed E-state index contributed by atoms with van der Waals surface area (Å²) in [6.07, 6.45) is 1.95. The zero-order valence-corrected chi connectivity index (χ0v) is 12.2. The minimum absolute atomic E-state index is 0.0667. The Morgan fingerprint density at radius 1 is 0.944 bits per heavy atom. The molecule has 0 heterocycles. The summed E-state index contributed by atoms with van der Waals surface area (Å²) >= 11 is 3.44. The quantitative estimate of drug-likeness (QED) is 0.897. The highest BCUT2D eigenvalue weighted by Crippen LogP contribution is 2.18. The lowest BCUT2D eigenvalue weighted by molar-refractivity contribution is 0.721. The van der Waals surface area contributed by atoms with Crippen LogP contribution in [0.15, 0.2) is 53.0 Å². The van der Waals surface area contributed by atoms with Gasteiger partial charge in [0.2, 0.25) is 0 Å². The zero-order chi connectivity index (χ0) is 13.0. The van der Waals surface area contributed by atoms with E-state index in [4.69, 9.17) is 5.73 Å². The topological polar surface area (TPSA) is 26.0 Å². The molecule has 0 radical (unpaired) electrons. The second-order valence-corrected chi connectivity index (χ2v) is 5.45. The van der Waals surface area contributed by atoms with Crippen LogP contribution in [0.2, 0.25) is 0 Å². The third-order valence-electron chi connectivity index (χ3n) is 3.18. The first-order chi connectivity index (χ1) is 8.69. The molecule has 0 aliphatic heterocycles. The first-order valence-electron chi connectivity index (χ1n) is 6.28. The van der Waals surface area contributed by atoms with Crippen molar-refractivity contribution in [2.75, 3.05) is 0 Å². The van der Waals surface area contributed by atoms with Crippen LogP contribution in [-0.2, 0) is 12.8 Å². The summed E-state index contributed by atoms with van der Waals surface area (Å²) in [6, 6.07) is 17.0. The molecule has 2 rings (SSSR count). The van der Waals surface area contributed by atoms with Crippen molar-refractivity contribution >= 4 is 15.9 Å². The van der Waals surface area contributed by atoms with E-state index in [1.165, 1.54) is 16.7 Å². The van der Waals surface area contributed by atoms with Gasteiger partial charge in [0.25, 0.3) is 0 Å². The van der Waals surface area contributed by atoms with Gasteiger partial charge in [-0.1, -0.05) is 59.3 Å². The van der Waals surface area contributed by atoms with E-state index >= 15 is 0 Å². The number of benzene rings is 2. The molecule has 0 bridgehead atoms. The van der Waals surface area contributed by atoms with E-state index in [1.54, 1.807) is 0 Å². The lowest BCUT2D eigenvalue weighted by Gasteiger charge is -2.12. The SMILES string of the molecule is CCc1ccc(C(N)Cc2ccc(Br)cc2)cc1. The predicted octanol–water partition coefficient (Wildman–Crippen LogP) is 4.25. The lowest BCUT2D eigenvalue weighted by Crippen LogP contribution is -2.13. The number of aryl methyl sites for hydroxylation is 1. The van der Waals surface area contributed by atoms with Gasteiger partial charge in [0.15, 0.2) is 0 Å². The van der Waals surface area contributed by atoms with Gasteiger partial charge in [-0.15, -0.1) is 0 Å². The Labute approximate surface area is 117 Å². The third kappa shape index (κ3) is 3.44. The summed E-state index contributed by atoms with van der Waals surface area (Å²) in [5.74, 6) is 0. The molecule has 1 nitrogen and oxygen atoms in total. The van der Waals surface area contributed by atoms with E-state index in [0.717, 1.165) is 17.3 Å². The van der Waals surface area contributed by atoms with Crippen LogP contribution >= 0.6 is 15.9 Å². The van der Waals surface area contributed by atoms with Crippen LogP contribution in [0.1, 0.15) is 29.7 Å². The van der Waals surface area contributed by atoms with Gasteiger partial charge in [-0.2, -0.15) is 0 Å². The molecule has 2 heteroatoms. The Hall–Kier alpha value is -1.12. The van der Waals surface area contributed by atoms with Crippen molar-refractivity contribution in [1.82, 2.24) is 0 Å². The summed E-state index contributed by atoms with van der Waals surface area (Å²) in [5.41, 5.74) is 10.1.